The first-order valence-electron chi connectivity index (χ1n) is 8.83. The molecule has 32 heavy (non-hydrogen) atoms. The van der Waals surface area contributed by atoms with Gasteiger partial charge in [-0.3, -0.25) is 4.79 Å². The highest BCUT2D eigenvalue weighted by atomic mass is 79.9. The monoisotopic (exact) mass is 502 g/mol. The molecular weight excluding hydrogens is 488 g/mol. The molecule has 1 heterocycles. The minimum absolute atomic E-state index is 0.0131. The highest BCUT2D eigenvalue weighted by Gasteiger charge is 2.28. The molecule has 0 aliphatic carbocycles. The number of carbonyl (C=O) groups is 3. The number of esters is 1. The Balaban J connectivity index is 2.23. The van der Waals surface area contributed by atoms with Gasteiger partial charge in [0, 0.05) is 5.56 Å². The third-order valence-corrected chi connectivity index (χ3v) is 4.98. The quantitative estimate of drug-likeness (QED) is 0.292. The fourth-order valence-corrected chi connectivity index (χ4v) is 3.55. The summed E-state index contributed by atoms with van der Waals surface area (Å²) in [5.74, 6) is -4.46. The lowest BCUT2D eigenvalue weighted by Gasteiger charge is -2.16. The normalized spacial score (nSPS) is 10.4. The molecule has 2 aromatic carbocycles. The van der Waals surface area contributed by atoms with Crippen molar-refractivity contribution in [2.24, 2.45) is 0 Å². The Kier molecular flexibility index (Phi) is 6.30. The molecule has 0 amide bonds. The second-order valence-electron chi connectivity index (χ2n) is 6.35. The summed E-state index contributed by atoms with van der Waals surface area (Å²) >= 11 is 3.23. The Morgan fingerprint density at radius 3 is 2.22 bits per heavy atom. The number of pyridine rings is 1. The van der Waals surface area contributed by atoms with Gasteiger partial charge in [-0.1, -0.05) is 18.2 Å². The van der Waals surface area contributed by atoms with Crippen LogP contribution in [0.2, 0.25) is 0 Å². The summed E-state index contributed by atoms with van der Waals surface area (Å²) in [4.78, 5) is 50.3. The van der Waals surface area contributed by atoms with Crippen molar-refractivity contribution in [2.45, 2.75) is 0 Å². The summed E-state index contributed by atoms with van der Waals surface area (Å²) in [6.07, 6.45) is 0. The van der Waals surface area contributed by atoms with Crippen LogP contribution in [0.4, 0.5) is 5.82 Å². The number of aromatic amines is 1. The van der Waals surface area contributed by atoms with E-state index in [-0.39, 0.29) is 27.1 Å². The van der Waals surface area contributed by atoms with Crippen LogP contribution in [0.1, 0.15) is 31.1 Å². The van der Waals surface area contributed by atoms with Crippen molar-refractivity contribution in [1.82, 2.24) is 4.98 Å². The van der Waals surface area contributed by atoms with Crippen molar-refractivity contribution in [3.8, 4) is 22.6 Å². The minimum atomic E-state index is -1.65. The number of hydrogen-bond donors (Lipinski definition) is 4. The minimum Gasteiger partial charge on any atom is -0.493 e. The molecule has 0 atom stereocenters. The topological polar surface area (TPSA) is 169 Å². The van der Waals surface area contributed by atoms with Gasteiger partial charge in [0.25, 0.3) is 5.56 Å². The van der Waals surface area contributed by atoms with Crippen molar-refractivity contribution in [1.29, 1.82) is 0 Å². The first-order chi connectivity index (χ1) is 15.1. The van der Waals surface area contributed by atoms with Gasteiger partial charge in [-0.05, 0) is 45.8 Å². The summed E-state index contributed by atoms with van der Waals surface area (Å²) in [7, 11) is 1.27. The number of halogens is 1. The lowest BCUT2D eigenvalue weighted by Crippen LogP contribution is -2.24. The van der Waals surface area contributed by atoms with Gasteiger partial charge in [-0.15, -0.1) is 0 Å². The zero-order valence-electron chi connectivity index (χ0n) is 16.3. The number of hydrogen-bond acceptors (Lipinski definition) is 7. The van der Waals surface area contributed by atoms with Crippen molar-refractivity contribution in [3.05, 3.63) is 74.0 Å². The number of carboxylic acids is 2. The molecule has 164 valence electrons. The van der Waals surface area contributed by atoms with Crippen LogP contribution in [0, 0.1) is 0 Å². The molecular formula is C21H15BrN2O8. The van der Waals surface area contributed by atoms with Gasteiger partial charge in [0.1, 0.15) is 16.9 Å². The van der Waals surface area contributed by atoms with E-state index in [4.69, 9.17) is 15.2 Å². The molecule has 0 unspecified atom stereocenters. The summed E-state index contributed by atoms with van der Waals surface area (Å²) < 4.78 is 10.8. The lowest BCUT2D eigenvalue weighted by atomic mass is 9.95. The summed E-state index contributed by atoms with van der Waals surface area (Å²) in [5.41, 5.74) is 2.99. The summed E-state index contributed by atoms with van der Waals surface area (Å²) in [6.45, 7) is 0. The number of carboxylic acid groups (broad SMARTS) is 2. The van der Waals surface area contributed by atoms with E-state index in [2.05, 4.69) is 15.9 Å². The molecule has 0 aliphatic rings. The molecule has 3 aromatic rings. The number of rotatable bonds is 6. The third-order valence-electron chi connectivity index (χ3n) is 4.39. The van der Waals surface area contributed by atoms with E-state index >= 15 is 0 Å². The SMILES string of the molecule is COc1cc(-c2c(C(=O)O)c(N)[nH]c(=O)c2C(=O)O)cc(Br)c1OC(=O)c1ccccc1. The molecule has 0 spiro atoms. The first kappa shape index (κ1) is 22.6. The van der Waals surface area contributed by atoms with E-state index in [1.54, 1.807) is 30.3 Å². The number of methoxy groups -OCH3 is 1. The number of nitrogen functional groups attached to an aromatic ring is 1. The Labute approximate surface area is 188 Å². The number of nitrogens with one attached hydrogen (secondary N) is 1. The molecule has 11 heteroatoms. The average Bonchev–Trinajstić information content (AvgIpc) is 2.74. The van der Waals surface area contributed by atoms with Crippen LogP contribution in [0.3, 0.4) is 0 Å². The molecule has 0 radical (unpaired) electrons. The number of carbonyl (C=O) groups excluding carboxylic acids is 1. The second-order valence-corrected chi connectivity index (χ2v) is 7.20. The van der Waals surface area contributed by atoms with Crippen LogP contribution < -0.4 is 20.8 Å². The van der Waals surface area contributed by atoms with Crippen LogP contribution in [0.15, 0.2) is 51.7 Å². The Hall–Kier alpha value is -4.12. The summed E-state index contributed by atoms with van der Waals surface area (Å²) in [5, 5.41) is 19.1. The van der Waals surface area contributed by atoms with Crippen LogP contribution in [-0.2, 0) is 0 Å². The number of ether oxygens (including phenoxy) is 2. The van der Waals surface area contributed by atoms with Gasteiger partial charge in [0.2, 0.25) is 0 Å². The number of benzene rings is 2. The van der Waals surface area contributed by atoms with Gasteiger partial charge in [0.05, 0.1) is 17.1 Å². The van der Waals surface area contributed by atoms with E-state index in [9.17, 15) is 29.4 Å². The van der Waals surface area contributed by atoms with Crippen molar-refractivity contribution >= 4 is 39.7 Å². The molecule has 10 nitrogen and oxygen atoms in total. The summed E-state index contributed by atoms with van der Waals surface area (Å²) in [6, 6.07) is 10.7. The molecule has 0 fully saturated rings. The molecule has 0 aliphatic heterocycles. The number of aromatic carboxylic acids is 2. The average molecular weight is 503 g/mol. The molecule has 5 N–H and O–H groups in total. The largest absolute Gasteiger partial charge is 0.493 e. The van der Waals surface area contributed by atoms with Gasteiger partial charge >= 0.3 is 17.9 Å². The zero-order valence-corrected chi connectivity index (χ0v) is 17.9. The fraction of sp³-hybridized carbons (Fsp3) is 0.0476. The molecule has 1 aromatic heterocycles. The number of aromatic nitrogens is 1. The highest BCUT2D eigenvalue weighted by molar-refractivity contribution is 9.10. The number of anilines is 1. The van der Waals surface area contributed by atoms with Gasteiger partial charge in [-0.25, -0.2) is 14.4 Å². The van der Waals surface area contributed by atoms with E-state index in [0.717, 1.165) is 0 Å². The van der Waals surface area contributed by atoms with Crippen LogP contribution in [-0.4, -0.2) is 40.2 Å². The van der Waals surface area contributed by atoms with Gasteiger partial charge < -0.3 is 30.4 Å². The predicted octanol–water partition coefficient (Wildman–Crippen LogP) is 3.01. The van der Waals surface area contributed by atoms with Crippen molar-refractivity contribution in [3.63, 3.8) is 0 Å². The second kappa shape index (κ2) is 8.94. The zero-order chi connectivity index (χ0) is 23.6. The Bertz CT molecular complexity index is 1300. The highest BCUT2D eigenvalue weighted by Crippen LogP contribution is 2.42. The number of nitrogens with two attached hydrogens (primary N) is 1. The molecule has 0 bridgehead atoms. The van der Waals surface area contributed by atoms with Crippen molar-refractivity contribution < 1.29 is 34.1 Å². The van der Waals surface area contributed by atoms with E-state index in [0.29, 0.717) is 0 Å². The molecule has 3 rings (SSSR count). The van der Waals surface area contributed by atoms with Crippen LogP contribution >= 0.6 is 15.9 Å². The van der Waals surface area contributed by atoms with E-state index in [1.165, 1.54) is 19.2 Å². The smallest absolute Gasteiger partial charge is 0.343 e. The van der Waals surface area contributed by atoms with Crippen LogP contribution in [0.25, 0.3) is 11.1 Å². The van der Waals surface area contributed by atoms with Crippen LogP contribution in [0.5, 0.6) is 11.5 Å². The third kappa shape index (κ3) is 4.18. The molecule has 0 saturated carbocycles. The van der Waals surface area contributed by atoms with E-state index < -0.39 is 46.0 Å². The maximum Gasteiger partial charge on any atom is 0.343 e. The number of H-pyrrole nitrogens is 1. The predicted molar refractivity (Wildman–Crippen MR) is 116 cm³/mol. The van der Waals surface area contributed by atoms with Gasteiger partial charge in [0.15, 0.2) is 11.5 Å². The maximum atomic E-state index is 12.4. The Morgan fingerprint density at radius 2 is 1.66 bits per heavy atom. The standard InChI is InChI=1S/C21H15BrN2O8/c1-31-12-8-10(7-11(22)16(12)32-21(30)9-5-3-2-4-6-9)13-14(19(26)27)17(23)24-18(25)15(13)20(28)29/h2-8H,1H3,(H,26,27)(H,28,29)(H3,23,24,25). The van der Waals surface area contributed by atoms with Gasteiger partial charge in [-0.2, -0.15) is 0 Å². The van der Waals surface area contributed by atoms with E-state index in [1.807, 2.05) is 4.98 Å². The lowest BCUT2D eigenvalue weighted by molar-refractivity contribution is 0.0693. The Morgan fingerprint density at radius 1 is 1.03 bits per heavy atom. The maximum absolute atomic E-state index is 12.4. The first-order valence-corrected chi connectivity index (χ1v) is 9.62. The fourth-order valence-electron chi connectivity index (χ4n) is 3.02. The van der Waals surface area contributed by atoms with Crippen molar-refractivity contribution in [2.75, 3.05) is 12.8 Å². The molecule has 0 saturated heterocycles.